The Kier molecular flexibility index (Phi) is 8.99. The fourth-order valence-electron chi connectivity index (χ4n) is 4.00. The van der Waals surface area contributed by atoms with Gasteiger partial charge in [0.15, 0.2) is 0 Å². The van der Waals surface area contributed by atoms with Gasteiger partial charge in [-0.3, -0.25) is 4.79 Å². The predicted molar refractivity (Wildman–Crippen MR) is 130 cm³/mol. The van der Waals surface area contributed by atoms with Gasteiger partial charge in [-0.2, -0.15) is 0 Å². The molecule has 0 atom stereocenters. The van der Waals surface area contributed by atoms with Crippen LogP contribution in [0.25, 0.3) is 0 Å². The number of hydrogen-bond donors (Lipinski definition) is 0. The first-order chi connectivity index (χ1) is 15.2. The van der Waals surface area contributed by atoms with Crippen molar-refractivity contribution in [1.29, 1.82) is 0 Å². The lowest BCUT2D eigenvalue weighted by molar-refractivity contribution is 0.105. The number of carbonyl (C=O) groups excluding carboxylic acids is 1. The summed E-state index contributed by atoms with van der Waals surface area (Å²) >= 11 is 0. The number of carbonyl (C=O) groups is 1. The van der Waals surface area contributed by atoms with E-state index in [1.165, 1.54) is 35.1 Å². The monoisotopic (exact) mass is 410 g/mol. The maximum absolute atomic E-state index is 12.9. The molecule has 160 valence electrons. The molecule has 1 nitrogen and oxygen atoms in total. The van der Waals surface area contributed by atoms with Crippen LogP contribution in [0.5, 0.6) is 0 Å². The first-order valence-electron chi connectivity index (χ1n) is 11.9. The van der Waals surface area contributed by atoms with Gasteiger partial charge in [-0.15, -0.1) is 5.92 Å². The Bertz CT molecular complexity index is 1020. The molecule has 0 N–H and O–H groups in total. The summed E-state index contributed by atoms with van der Waals surface area (Å²) in [5, 5.41) is 0. The zero-order chi connectivity index (χ0) is 21.9. The van der Waals surface area contributed by atoms with Crippen LogP contribution < -0.4 is 0 Å². The first-order valence-corrected chi connectivity index (χ1v) is 11.9. The number of unbranched alkanes of at least 4 members (excludes halogenated alkanes) is 4. The zero-order valence-corrected chi connectivity index (χ0v) is 19.2. The smallest absolute Gasteiger partial charge is 0.236 e. The van der Waals surface area contributed by atoms with E-state index in [1.54, 1.807) is 0 Å². The lowest BCUT2D eigenvalue weighted by Crippen LogP contribution is -2.07. The molecular formula is C30H34O. The fourth-order valence-corrected chi connectivity index (χ4v) is 4.00. The Morgan fingerprint density at radius 2 is 1.42 bits per heavy atom. The minimum absolute atomic E-state index is 0.0269. The molecule has 2 aromatic carbocycles. The van der Waals surface area contributed by atoms with E-state index in [9.17, 15) is 4.79 Å². The molecule has 4 aliphatic rings. The van der Waals surface area contributed by atoms with Crippen LogP contribution >= 0.6 is 0 Å². The van der Waals surface area contributed by atoms with Crippen LogP contribution in [0.1, 0.15) is 90.5 Å². The molecule has 0 heterocycles. The van der Waals surface area contributed by atoms with E-state index in [-0.39, 0.29) is 5.78 Å². The molecule has 31 heavy (non-hydrogen) atoms. The Labute approximate surface area is 188 Å². The third kappa shape index (κ3) is 6.87. The van der Waals surface area contributed by atoms with Gasteiger partial charge in [0.1, 0.15) is 0 Å². The second-order valence-electron chi connectivity index (χ2n) is 8.46. The van der Waals surface area contributed by atoms with Crippen LogP contribution in [0.15, 0.2) is 36.4 Å². The number of rotatable bonds is 6. The SMILES string of the molecule is CCCCC#CCc1cc2ccc1CCc1ccc(cc1C(=O)C#CCCCC)CC2. The van der Waals surface area contributed by atoms with Gasteiger partial charge in [0, 0.05) is 24.8 Å². The fraction of sp³-hybridized carbons (Fsp3) is 0.433. The minimum atomic E-state index is -0.0269. The van der Waals surface area contributed by atoms with E-state index >= 15 is 0 Å². The van der Waals surface area contributed by atoms with E-state index in [1.807, 2.05) is 0 Å². The van der Waals surface area contributed by atoms with Gasteiger partial charge in [-0.05, 0) is 78.3 Å². The van der Waals surface area contributed by atoms with Gasteiger partial charge >= 0.3 is 0 Å². The summed E-state index contributed by atoms with van der Waals surface area (Å²) in [6.45, 7) is 4.35. The van der Waals surface area contributed by atoms with Crippen molar-refractivity contribution in [3.05, 3.63) is 69.8 Å². The molecule has 4 bridgehead atoms. The molecule has 1 heteroatoms. The van der Waals surface area contributed by atoms with Crippen molar-refractivity contribution in [2.24, 2.45) is 0 Å². The van der Waals surface area contributed by atoms with Gasteiger partial charge in [0.25, 0.3) is 0 Å². The van der Waals surface area contributed by atoms with E-state index in [0.29, 0.717) is 0 Å². The second kappa shape index (κ2) is 12.2. The summed E-state index contributed by atoms with van der Waals surface area (Å²) in [5.74, 6) is 12.6. The largest absolute Gasteiger partial charge is 0.279 e. The number of ketones is 1. The zero-order valence-electron chi connectivity index (χ0n) is 19.2. The van der Waals surface area contributed by atoms with Crippen molar-refractivity contribution < 1.29 is 4.79 Å². The van der Waals surface area contributed by atoms with Crippen LogP contribution in [0.4, 0.5) is 0 Å². The molecule has 0 amide bonds. The highest BCUT2D eigenvalue weighted by atomic mass is 16.1. The summed E-state index contributed by atoms with van der Waals surface area (Å²) in [7, 11) is 0. The Balaban J connectivity index is 1.83. The number of Topliss-reactive ketones (excluding diaryl/α,β-unsaturated/α-hetero) is 1. The van der Waals surface area contributed by atoms with Crippen molar-refractivity contribution in [1.82, 2.24) is 0 Å². The Hall–Kier alpha value is -2.77. The molecule has 0 unspecified atom stereocenters. The van der Waals surface area contributed by atoms with E-state index in [4.69, 9.17) is 0 Å². The second-order valence-corrected chi connectivity index (χ2v) is 8.46. The predicted octanol–water partition coefficient (Wildman–Crippen LogP) is 6.68. The van der Waals surface area contributed by atoms with Gasteiger partial charge in [0.2, 0.25) is 5.78 Å². The van der Waals surface area contributed by atoms with Gasteiger partial charge in [0.05, 0.1) is 0 Å². The third-order valence-corrected chi connectivity index (χ3v) is 5.97. The molecule has 0 saturated heterocycles. The Morgan fingerprint density at radius 3 is 2.16 bits per heavy atom. The maximum atomic E-state index is 12.9. The average molecular weight is 411 g/mol. The summed E-state index contributed by atoms with van der Waals surface area (Å²) in [6, 6.07) is 13.3. The van der Waals surface area contributed by atoms with Gasteiger partial charge in [-0.1, -0.05) is 68.9 Å². The molecule has 4 aliphatic carbocycles. The molecule has 0 spiro atoms. The lowest BCUT2D eigenvalue weighted by atomic mass is 9.89. The molecule has 2 aromatic rings. The van der Waals surface area contributed by atoms with E-state index in [0.717, 1.165) is 68.9 Å². The molecule has 0 radical (unpaired) electrons. The summed E-state index contributed by atoms with van der Waals surface area (Å²) in [6.07, 6.45) is 10.8. The average Bonchev–Trinajstić information content (AvgIpc) is 2.78. The van der Waals surface area contributed by atoms with Gasteiger partial charge < -0.3 is 0 Å². The number of hydrogen-bond acceptors (Lipinski definition) is 1. The quantitative estimate of drug-likeness (QED) is 0.225. The normalized spacial score (nSPS) is 12.2. The summed E-state index contributed by atoms with van der Waals surface area (Å²) in [5.41, 5.74) is 7.19. The highest BCUT2D eigenvalue weighted by Crippen LogP contribution is 2.22. The highest BCUT2D eigenvalue weighted by Gasteiger charge is 2.14. The molecule has 0 aromatic heterocycles. The first kappa shape index (κ1) is 22.9. The third-order valence-electron chi connectivity index (χ3n) is 5.97. The standard InChI is InChI=1S/C30H34O/c1-3-5-7-9-10-12-28-22-24-14-15-25-17-19-27(21-20-26(28)18-16-24)29(23-25)30(31)13-11-8-6-4-2/h16-19,22-23H,3-8,12,14-15,20-21H2,1-2H3. The van der Waals surface area contributed by atoms with Crippen LogP contribution in [0.3, 0.4) is 0 Å². The van der Waals surface area contributed by atoms with Crippen LogP contribution in [-0.4, -0.2) is 5.78 Å². The van der Waals surface area contributed by atoms with Crippen molar-refractivity contribution >= 4 is 5.78 Å². The molecule has 6 rings (SSSR count). The van der Waals surface area contributed by atoms with Gasteiger partial charge in [-0.25, -0.2) is 0 Å². The van der Waals surface area contributed by atoms with Crippen LogP contribution in [0.2, 0.25) is 0 Å². The summed E-state index contributed by atoms with van der Waals surface area (Å²) in [4.78, 5) is 12.9. The molecule has 0 aliphatic heterocycles. The molecule has 0 fully saturated rings. The van der Waals surface area contributed by atoms with Crippen LogP contribution in [0, 0.1) is 23.7 Å². The lowest BCUT2D eigenvalue weighted by Gasteiger charge is -2.15. The van der Waals surface area contributed by atoms with Crippen LogP contribution in [-0.2, 0) is 32.1 Å². The number of aryl methyl sites for hydroxylation is 4. The molecular weight excluding hydrogens is 376 g/mol. The Morgan fingerprint density at radius 1 is 0.774 bits per heavy atom. The van der Waals surface area contributed by atoms with Crippen molar-refractivity contribution in [3.8, 4) is 23.7 Å². The van der Waals surface area contributed by atoms with Crippen molar-refractivity contribution in [3.63, 3.8) is 0 Å². The summed E-state index contributed by atoms with van der Waals surface area (Å²) < 4.78 is 0. The van der Waals surface area contributed by atoms with E-state index < -0.39 is 0 Å². The highest BCUT2D eigenvalue weighted by molar-refractivity contribution is 6.10. The van der Waals surface area contributed by atoms with Crippen molar-refractivity contribution in [2.45, 2.75) is 84.5 Å². The minimum Gasteiger partial charge on any atom is -0.279 e. The number of benzene rings is 2. The van der Waals surface area contributed by atoms with E-state index in [2.05, 4.69) is 73.9 Å². The topological polar surface area (TPSA) is 17.1 Å². The molecule has 0 saturated carbocycles. The van der Waals surface area contributed by atoms with Crippen molar-refractivity contribution in [2.75, 3.05) is 0 Å². The maximum Gasteiger partial charge on any atom is 0.236 e.